The third kappa shape index (κ3) is 2.73. The molecule has 2 nitrogen and oxygen atoms in total. The molecule has 0 spiro atoms. The van der Waals surface area contributed by atoms with Crippen molar-refractivity contribution in [1.29, 1.82) is 5.26 Å². The van der Waals surface area contributed by atoms with Crippen LogP contribution in [0.4, 0.5) is 0 Å². The van der Waals surface area contributed by atoms with Crippen LogP contribution in [0.15, 0.2) is 42.5 Å². The zero-order valence-electron chi connectivity index (χ0n) is 9.88. The Bertz CT molecular complexity index is 632. The lowest BCUT2D eigenvalue weighted by Gasteiger charge is -1.95. The molecule has 1 aromatic heterocycles. The van der Waals surface area contributed by atoms with Crippen LogP contribution < -0.4 is 0 Å². The first-order valence-electron chi connectivity index (χ1n) is 5.48. The number of nitrogens with zero attached hydrogens (tertiary/aromatic N) is 1. The molecule has 0 fully saturated rings. The Hall–Kier alpha value is -2.18. The zero-order valence-corrected chi connectivity index (χ0v) is 10.7. The lowest BCUT2D eigenvalue weighted by atomic mass is 10.1. The summed E-state index contributed by atoms with van der Waals surface area (Å²) in [6, 6.07) is 15.4. The normalized spacial score (nSPS) is 11.0. The van der Waals surface area contributed by atoms with Crippen molar-refractivity contribution in [2.75, 3.05) is 0 Å². The van der Waals surface area contributed by atoms with Crippen LogP contribution in [0.3, 0.4) is 0 Å². The molecule has 0 bridgehead atoms. The Kier molecular flexibility index (Phi) is 3.71. The summed E-state index contributed by atoms with van der Waals surface area (Å²) in [6.45, 7) is 1.53. The molecule has 3 heteroatoms. The quantitative estimate of drug-likeness (QED) is 0.612. The van der Waals surface area contributed by atoms with Gasteiger partial charge in [-0.1, -0.05) is 30.3 Å². The van der Waals surface area contributed by atoms with Crippen molar-refractivity contribution in [3.05, 3.63) is 57.8 Å². The van der Waals surface area contributed by atoms with Crippen LogP contribution in [0, 0.1) is 11.3 Å². The molecule has 0 aliphatic heterocycles. The van der Waals surface area contributed by atoms with Gasteiger partial charge in [0.1, 0.15) is 6.07 Å². The average molecular weight is 253 g/mol. The van der Waals surface area contributed by atoms with Gasteiger partial charge >= 0.3 is 0 Å². The number of allylic oxidation sites excluding steroid dienone is 1. The second-order valence-electron chi connectivity index (χ2n) is 3.80. The molecule has 2 rings (SSSR count). The van der Waals surface area contributed by atoms with Gasteiger partial charge in [0.2, 0.25) is 0 Å². The number of benzene rings is 1. The highest BCUT2D eigenvalue weighted by molar-refractivity contribution is 7.15. The monoisotopic (exact) mass is 253 g/mol. The first-order chi connectivity index (χ1) is 8.70. The Morgan fingerprint density at radius 3 is 2.39 bits per heavy atom. The molecule has 18 heavy (non-hydrogen) atoms. The zero-order chi connectivity index (χ0) is 13.0. The van der Waals surface area contributed by atoms with Crippen LogP contribution in [-0.4, -0.2) is 5.78 Å². The largest absolute Gasteiger partial charge is 0.294 e. The molecule has 0 aliphatic carbocycles. The third-order valence-corrected chi connectivity index (χ3v) is 3.67. The van der Waals surface area contributed by atoms with Gasteiger partial charge in [0.05, 0.1) is 10.5 Å². The SMILES string of the molecule is CC(=O)c1ccc(/C(C#N)=C/c2ccccc2)s1. The minimum Gasteiger partial charge on any atom is -0.294 e. The molecule has 0 saturated carbocycles. The van der Waals surface area contributed by atoms with E-state index in [9.17, 15) is 10.1 Å². The fraction of sp³-hybridized carbons (Fsp3) is 0.0667. The van der Waals surface area contributed by atoms with Crippen LogP contribution in [0.5, 0.6) is 0 Å². The van der Waals surface area contributed by atoms with E-state index in [4.69, 9.17) is 0 Å². The number of Topliss-reactive ketones (excluding diaryl/α,β-unsaturated/α-hetero) is 1. The maximum atomic E-state index is 11.2. The predicted molar refractivity (Wildman–Crippen MR) is 74.2 cm³/mol. The van der Waals surface area contributed by atoms with Crippen molar-refractivity contribution in [3.8, 4) is 6.07 Å². The molecular weight excluding hydrogens is 242 g/mol. The molecule has 0 aliphatic rings. The second-order valence-corrected chi connectivity index (χ2v) is 4.88. The first kappa shape index (κ1) is 12.3. The van der Waals surface area contributed by atoms with E-state index in [-0.39, 0.29) is 5.78 Å². The van der Waals surface area contributed by atoms with Crippen LogP contribution in [0.25, 0.3) is 11.6 Å². The van der Waals surface area contributed by atoms with E-state index in [1.807, 2.05) is 42.5 Å². The van der Waals surface area contributed by atoms with Crippen molar-refractivity contribution >= 4 is 28.8 Å². The van der Waals surface area contributed by atoms with Gasteiger partial charge in [-0.15, -0.1) is 11.3 Å². The molecule has 1 heterocycles. The Balaban J connectivity index is 2.37. The minimum atomic E-state index is 0.0308. The van der Waals surface area contributed by atoms with Crippen molar-refractivity contribution in [2.24, 2.45) is 0 Å². The van der Waals surface area contributed by atoms with Gasteiger partial charge in [-0.05, 0) is 30.7 Å². The molecule has 0 saturated heterocycles. The number of nitriles is 1. The fourth-order valence-corrected chi connectivity index (χ4v) is 2.41. The summed E-state index contributed by atoms with van der Waals surface area (Å²) in [4.78, 5) is 12.7. The maximum Gasteiger partial charge on any atom is 0.169 e. The molecule has 0 atom stereocenters. The number of rotatable bonds is 3. The summed E-state index contributed by atoms with van der Waals surface area (Å²) < 4.78 is 0. The van der Waals surface area contributed by atoms with Gasteiger partial charge in [0.15, 0.2) is 5.78 Å². The Morgan fingerprint density at radius 1 is 1.17 bits per heavy atom. The van der Waals surface area contributed by atoms with Gasteiger partial charge in [0.25, 0.3) is 0 Å². The summed E-state index contributed by atoms with van der Waals surface area (Å²) in [6.07, 6.45) is 1.83. The number of carbonyl (C=O) groups is 1. The van der Waals surface area contributed by atoms with Gasteiger partial charge < -0.3 is 0 Å². The summed E-state index contributed by atoms with van der Waals surface area (Å²) in [7, 11) is 0. The number of ketones is 1. The molecule has 1 aromatic carbocycles. The number of hydrogen-bond donors (Lipinski definition) is 0. The van der Waals surface area contributed by atoms with Crippen LogP contribution in [-0.2, 0) is 0 Å². The maximum absolute atomic E-state index is 11.2. The van der Waals surface area contributed by atoms with E-state index in [0.29, 0.717) is 10.5 Å². The Morgan fingerprint density at radius 2 is 1.83 bits per heavy atom. The van der Waals surface area contributed by atoms with Crippen molar-refractivity contribution in [1.82, 2.24) is 0 Å². The molecular formula is C15H11NOS. The average Bonchev–Trinajstić information content (AvgIpc) is 2.87. The van der Waals surface area contributed by atoms with Crippen molar-refractivity contribution < 1.29 is 4.79 Å². The molecule has 0 radical (unpaired) electrons. The van der Waals surface area contributed by atoms with E-state index >= 15 is 0 Å². The van der Waals surface area contributed by atoms with E-state index in [1.54, 1.807) is 6.07 Å². The lowest BCUT2D eigenvalue weighted by molar-refractivity contribution is 0.102. The third-order valence-electron chi connectivity index (χ3n) is 2.45. The predicted octanol–water partition coefficient (Wildman–Crippen LogP) is 4.01. The van der Waals surface area contributed by atoms with Gasteiger partial charge in [-0.25, -0.2) is 0 Å². The topological polar surface area (TPSA) is 40.9 Å². The van der Waals surface area contributed by atoms with Gasteiger partial charge in [0, 0.05) is 4.88 Å². The molecule has 2 aromatic rings. The first-order valence-corrected chi connectivity index (χ1v) is 6.30. The van der Waals surface area contributed by atoms with E-state index in [0.717, 1.165) is 10.4 Å². The second kappa shape index (κ2) is 5.44. The fourth-order valence-electron chi connectivity index (χ4n) is 1.55. The number of thiophene rings is 1. The van der Waals surface area contributed by atoms with Gasteiger partial charge in [-0.3, -0.25) is 4.79 Å². The highest BCUT2D eigenvalue weighted by Crippen LogP contribution is 2.25. The standard InChI is InChI=1S/C15H11NOS/c1-11(17)14-7-8-15(18-14)13(10-16)9-12-5-3-2-4-6-12/h2-9H,1H3/b13-9+. The highest BCUT2D eigenvalue weighted by Gasteiger charge is 2.08. The smallest absolute Gasteiger partial charge is 0.169 e. The summed E-state index contributed by atoms with van der Waals surface area (Å²) in [5.74, 6) is 0.0308. The number of hydrogen-bond acceptors (Lipinski definition) is 3. The van der Waals surface area contributed by atoms with Gasteiger partial charge in [-0.2, -0.15) is 5.26 Å². The number of carbonyl (C=O) groups excluding carboxylic acids is 1. The summed E-state index contributed by atoms with van der Waals surface area (Å²) in [5.41, 5.74) is 1.56. The summed E-state index contributed by atoms with van der Waals surface area (Å²) >= 11 is 1.35. The van der Waals surface area contributed by atoms with Crippen LogP contribution in [0.2, 0.25) is 0 Å². The molecule has 0 N–H and O–H groups in total. The lowest BCUT2D eigenvalue weighted by Crippen LogP contribution is -1.83. The van der Waals surface area contributed by atoms with Crippen LogP contribution >= 0.6 is 11.3 Å². The van der Waals surface area contributed by atoms with E-state index in [2.05, 4.69) is 6.07 Å². The van der Waals surface area contributed by atoms with Crippen LogP contribution in [0.1, 0.15) is 27.0 Å². The van der Waals surface area contributed by atoms with E-state index < -0.39 is 0 Å². The summed E-state index contributed by atoms with van der Waals surface area (Å²) in [5, 5.41) is 9.19. The molecule has 0 unspecified atom stereocenters. The molecule has 88 valence electrons. The van der Waals surface area contributed by atoms with Crippen molar-refractivity contribution in [3.63, 3.8) is 0 Å². The minimum absolute atomic E-state index is 0.0308. The highest BCUT2D eigenvalue weighted by atomic mass is 32.1. The Labute approximate surface area is 110 Å². The van der Waals surface area contributed by atoms with Crippen molar-refractivity contribution in [2.45, 2.75) is 6.92 Å². The van der Waals surface area contributed by atoms with E-state index in [1.165, 1.54) is 18.3 Å². The molecule has 0 amide bonds.